The van der Waals surface area contributed by atoms with E-state index in [0.29, 0.717) is 0 Å². The summed E-state index contributed by atoms with van der Waals surface area (Å²) in [6, 6.07) is 1.79. The maximum absolute atomic E-state index is 14.4. The monoisotopic (exact) mass is 491 g/mol. The van der Waals surface area contributed by atoms with Crippen molar-refractivity contribution in [3.05, 3.63) is 47.5 Å². The molecule has 0 saturated carbocycles. The Kier molecular flexibility index (Phi) is 7.10. The topological polar surface area (TPSA) is 114 Å². The van der Waals surface area contributed by atoms with Crippen LogP contribution < -0.4 is 10.1 Å². The fraction of sp³-hybridized carbons (Fsp3) is 0.476. The van der Waals surface area contributed by atoms with Crippen LogP contribution in [0.25, 0.3) is 0 Å². The van der Waals surface area contributed by atoms with Crippen LogP contribution in [0.2, 0.25) is 0 Å². The van der Waals surface area contributed by atoms with Crippen LogP contribution in [0.5, 0.6) is 5.75 Å². The van der Waals surface area contributed by atoms with Gasteiger partial charge in [0, 0.05) is 17.4 Å². The highest BCUT2D eigenvalue weighted by atomic mass is 19.4. The van der Waals surface area contributed by atoms with Crippen molar-refractivity contribution < 1.29 is 46.4 Å². The zero-order chi connectivity index (χ0) is 25.4. The highest BCUT2D eigenvalue weighted by Gasteiger charge is 2.65. The number of aromatic nitrogens is 2. The summed E-state index contributed by atoms with van der Waals surface area (Å²) in [5.41, 5.74) is -2.99. The lowest BCUT2D eigenvalue weighted by Gasteiger charge is -2.32. The summed E-state index contributed by atoms with van der Waals surface area (Å²) in [5, 5.41) is 20.8. The minimum atomic E-state index is -4.89. The fourth-order valence-corrected chi connectivity index (χ4v) is 3.91. The Hall–Kier alpha value is -2.90. The molecule has 34 heavy (non-hydrogen) atoms. The average Bonchev–Trinajstić information content (AvgIpc) is 3.07. The number of hydrogen-bond donors (Lipinski definition) is 3. The third kappa shape index (κ3) is 4.42. The molecule has 3 N–H and O–H groups in total. The lowest BCUT2D eigenvalue weighted by atomic mass is 9.77. The molecule has 2 heterocycles. The first-order valence-electron chi connectivity index (χ1n) is 10.0. The normalized spacial score (nSPS) is 25.8. The van der Waals surface area contributed by atoms with Crippen molar-refractivity contribution in [2.75, 3.05) is 19.0 Å². The van der Waals surface area contributed by atoms with E-state index in [1.54, 1.807) is 0 Å². The number of amides is 1. The van der Waals surface area contributed by atoms with Gasteiger partial charge in [-0.2, -0.15) is 17.6 Å². The molecular formula is C21H22F5N3O5. The third-order valence-electron chi connectivity index (χ3n) is 5.98. The Morgan fingerprint density at radius 2 is 1.91 bits per heavy atom. The summed E-state index contributed by atoms with van der Waals surface area (Å²) in [6.07, 6.45) is -5.87. The van der Waals surface area contributed by atoms with Crippen molar-refractivity contribution in [1.82, 2.24) is 9.97 Å². The third-order valence-corrected chi connectivity index (χ3v) is 5.98. The van der Waals surface area contributed by atoms with Gasteiger partial charge in [0.2, 0.25) is 5.82 Å². The van der Waals surface area contributed by atoms with E-state index in [4.69, 9.17) is 14.6 Å². The van der Waals surface area contributed by atoms with Gasteiger partial charge < -0.3 is 25.0 Å². The van der Waals surface area contributed by atoms with E-state index in [9.17, 15) is 31.9 Å². The smallest absolute Gasteiger partial charge is 0.417 e. The first-order chi connectivity index (χ1) is 15.9. The number of alkyl halides is 3. The molecule has 5 atom stereocenters. The quantitative estimate of drug-likeness (QED) is 0.533. The molecule has 186 valence electrons. The Morgan fingerprint density at radius 1 is 1.29 bits per heavy atom. The van der Waals surface area contributed by atoms with E-state index >= 15 is 0 Å². The van der Waals surface area contributed by atoms with Gasteiger partial charge in [0.1, 0.15) is 12.2 Å². The number of hydrogen-bond acceptors (Lipinski definition) is 7. The molecule has 0 bridgehead atoms. The predicted molar refractivity (Wildman–Crippen MR) is 107 cm³/mol. The minimum Gasteiger partial charge on any atom is -0.493 e. The molecule has 0 radical (unpaired) electrons. The number of nitrogens with zero attached hydrogens (tertiary/aromatic N) is 2. The maximum Gasteiger partial charge on any atom is 0.417 e. The molecule has 1 aliphatic rings. The van der Waals surface area contributed by atoms with Crippen LogP contribution in [0, 0.1) is 17.6 Å². The molecular weight excluding hydrogens is 469 g/mol. The lowest BCUT2D eigenvalue weighted by Crippen LogP contribution is -2.47. The van der Waals surface area contributed by atoms with Gasteiger partial charge in [-0.05, 0) is 13.0 Å². The maximum atomic E-state index is 14.4. The minimum absolute atomic E-state index is 0.0354. The Morgan fingerprint density at radius 3 is 2.44 bits per heavy atom. The van der Waals surface area contributed by atoms with Gasteiger partial charge >= 0.3 is 6.18 Å². The summed E-state index contributed by atoms with van der Waals surface area (Å²) in [4.78, 5) is 20.6. The first-order valence-corrected chi connectivity index (χ1v) is 10.0. The van der Waals surface area contributed by atoms with E-state index in [1.807, 2.05) is 0 Å². The molecule has 0 spiro atoms. The second-order valence-electron chi connectivity index (χ2n) is 7.96. The number of nitrogens with one attached hydrogen (secondary N) is 1. The van der Waals surface area contributed by atoms with Crippen LogP contribution in [0.3, 0.4) is 0 Å². The molecule has 1 amide bonds. The van der Waals surface area contributed by atoms with Crippen LogP contribution in [-0.2, 0) is 9.53 Å². The van der Waals surface area contributed by atoms with Crippen LogP contribution in [0.4, 0.5) is 27.6 Å². The number of carbonyl (C=O) groups excluding carboxylic acids is 1. The highest BCUT2D eigenvalue weighted by Crippen LogP contribution is 2.54. The molecule has 1 saturated heterocycles. The number of halogens is 5. The Labute approximate surface area is 190 Å². The summed E-state index contributed by atoms with van der Waals surface area (Å²) < 4.78 is 80.1. The number of rotatable bonds is 6. The highest BCUT2D eigenvalue weighted by molar-refractivity contribution is 5.95. The number of aliphatic hydroxyl groups is 2. The number of anilines is 1. The number of carbonyl (C=O) groups is 1. The number of methoxy groups -OCH3 is 1. The lowest BCUT2D eigenvalue weighted by molar-refractivity contribution is -0.272. The molecule has 1 aromatic carbocycles. The number of ether oxygens (including phenoxy) is 2. The first kappa shape index (κ1) is 25.7. The molecule has 3 rings (SSSR count). The van der Waals surface area contributed by atoms with Crippen molar-refractivity contribution >= 4 is 11.6 Å². The van der Waals surface area contributed by atoms with Gasteiger partial charge in [0.05, 0.1) is 31.8 Å². The van der Waals surface area contributed by atoms with Gasteiger partial charge in [-0.1, -0.05) is 13.0 Å². The summed E-state index contributed by atoms with van der Waals surface area (Å²) in [7, 11) is 1.03. The largest absolute Gasteiger partial charge is 0.493 e. The zero-order valence-electron chi connectivity index (χ0n) is 18.2. The van der Waals surface area contributed by atoms with Gasteiger partial charge in [0.15, 0.2) is 23.0 Å². The van der Waals surface area contributed by atoms with E-state index in [-0.39, 0.29) is 17.1 Å². The van der Waals surface area contributed by atoms with Crippen LogP contribution in [0.1, 0.15) is 37.3 Å². The molecule has 0 aliphatic carbocycles. The van der Waals surface area contributed by atoms with Crippen LogP contribution in [-0.4, -0.2) is 57.7 Å². The van der Waals surface area contributed by atoms with Gasteiger partial charge in [-0.15, -0.1) is 0 Å². The van der Waals surface area contributed by atoms with Crippen LogP contribution >= 0.6 is 0 Å². The second-order valence-corrected chi connectivity index (χ2v) is 7.96. The summed E-state index contributed by atoms with van der Waals surface area (Å²) >= 11 is 0. The molecule has 1 aromatic heterocycles. The van der Waals surface area contributed by atoms with Crippen molar-refractivity contribution in [2.24, 2.45) is 5.92 Å². The number of benzene rings is 1. The van der Waals surface area contributed by atoms with E-state index in [2.05, 4.69) is 15.3 Å². The summed E-state index contributed by atoms with van der Waals surface area (Å²) in [5.74, 6) is -7.23. The van der Waals surface area contributed by atoms with E-state index in [1.165, 1.54) is 6.92 Å². The molecule has 2 aromatic rings. The zero-order valence-corrected chi connectivity index (χ0v) is 18.2. The standard InChI is InChI=1S/C21H22F5N3O5/c1-9-14(11-4-5-12(22)15(23)16(11)33-3)17(34-20(9,2)21(24,25)26)19(32)29-10-6-27-18(28-7-10)13(31)8-30/h4-7,9,13-14,17,30-31H,8H2,1-3H3,(H,29,32)/t9-,13?,14-,17+,20+/m0/s1. The van der Waals surface area contributed by atoms with E-state index in [0.717, 1.165) is 38.6 Å². The summed E-state index contributed by atoms with van der Waals surface area (Å²) in [6.45, 7) is 1.33. The van der Waals surface area contributed by atoms with Crippen molar-refractivity contribution in [3.8, 4) is 5.75 Å². The van der Waals surface area contributed by atoms with Crippen LogP contribution in [0.15, 0.2) is 24.5 Å². The predicted octanol–water partition coefficient (Wildman–Crippen LogP) is 2.87. The number of aliphatic hydroxyl groups excluding tert-OH is 2. The molecule has 1 unspecified atom stereocenters. The molecule has 1 fully saturated rings. The van der Waals surface area contributed by atoms with Gasteiger partial charge in [-0.3, -0.25) is 4.79 Å². The molecule has 1 aliphatic heterocycles. The molecule has 8 nitrogen and oxygen atoms in total. The van der Waals surface area contributed by atoms with Crippen molar-refractivity contribution in [2.45, 2.75) is 43.8 Å². The SMILES string of the molecule is COc1c([C@H]2[C@H](C(=O)Nc3cnc(C(O)CO)nc3)O[C@@](C)(C(F)(F)F)[C@H]2C)ccc(F)c1F. The fourth-order valence-electron chi connectivity index (χ4n) is 3.91. The average molecular weight is 491 g/mol. The van der Waals surface area contributed by atoms with E-state index < -0.39 is 65.7 Å². The Bertz CT molecular complexity index is 1050. The second kappa shape index (κ2) is 9.39. The van der Waals surface area contributed by atoms with Crippen molar-refractivity contribution in [1.29, 1.82) is 0 Å². The van der Waals surface area contributed by atoms with Crippen molar-refractivity contribution in [3.63, 3.8) is 0 Å². The van der Waals surface area contributed by atoms with Gasteiger partial charge in [0.25, 0.3) is 5.91 Å². The van der Waals surface area contributed by atoms with Gasteiger partial charge in [-0.25, -0.2) is 14.4 Å². The Balaban J connectivity index is 2.01. The molecule has 13 heteroatoms.